The van der Waals surface area contributed by atoms with E-state index in [-0.39, 0.29) is 18.1 Å². The number of nitrogens with zero attached hydrogens (tertiary/aromatic N) is 3. The van der Waals surface area contributed by atoms with Crippen LogP contribution in [0.2, 0.25) is 0 Å². The summed E-state index contributed by atoms with van der Waals surface area (Å²) in [7, 11) is 0. The number of amides is 1. The molecule has 0 aliphatic heterocycles. The Morgan fingerprint density at radius 2 is 2.00 bits per heavy atom. The van der Waals surface area contributed by atoms with E-state index in [1.165, 1.54) is 6.07 Å². The second-order valence-corrected chi connectivity index (χ2v) is 6.92. The summed E-state index contributed by atoms with van der Waals surface area (Å²) in [5.74, 6) is 0.354. The molecule has 152 valence electrons. The first-order chi connectivity index (χ1) is 14.1. The smallest absolute Gasteiger partial charge is 0.227 e. The van der Waals surface area contributed by atoms with Gasteiger partial charge in [0.1, 0.15) is 5.82 Å². The highest BCUT2D eigenvalue weighted by Crippen LogP contribution is 2.19. The molecule has 0 saturated heterocycles. The Morgan fingerprint density at radius 1 is 1.21 bits per heavy atom. The third-order valence-electron chi connectivity index (χ3n) is 4.65. The van der Waals surface area contributed by atoms with Crippen LogP contribution in [0.4, 0.5) is 4.39 Å². The van der Waals surface area contributed by atoms with Gasteiger partial charge in [0.2, 0.25) is 17.6 Å². The summed E-state index contributed by atoms with van der Waals surface area (Å²) >= 11 is 0. The first-order valence-corrected chi connectivity index (χ1v) is 9.67. The van der Waals surface area contributed by atoms with Gasteiger partial charge in [-0.25, -0.2) is 4.39 Å². The van der Waals surface area contributed by atoms with Crippen LogP contribution < -0.4 is 5.73 Å². The topological polar surface area (TPSA) is 85.2 Å². The molecule has 1 amide bonds. The minimum absolute atomic E-state index is 0.00318. The lowest BCUT2D eigenvalue weighted by molar-refractivity contribution is -0.131. The van der Waals surface area contributed by atoms with Gasteiger partial charge in [0.05, 0.1) is 0 Å². The van der Waals surface area contributed by atoms with Gasteiger partial charge < -0.3 is 15.2 Å². The van der Waals surface area contributed by atoms with Crippen LogP contribution in [-0.2, 0) is 17.8 Å². The molecule has 2 N–H and O–H groups in total. The summed E-state index contributed by atoms with van der Waals surface area (Å²) in [6.45, 7) is 3.36. The van der Waals surface area contributed by atoms with E-state index in [1.54, 1.807) is 24.0 Å². The molecule has 0 unspecified atom stereocenters. The average molecular weight is 396 g/mol. The standard InChI is InChI=1S/C22H25FN4O2/c1-16-8-9-18(14-19(16)23)22-25-20(29-26-22)10-11-21(28)27(13-5-12-24)15-17-6-3-2-4-7-17/h2-4,6-9,14H,5,10-13,15,24H2,1H3. The van der Waals surface area contributed by atoms with Gasteiger partial charge in [-0.15, -0.1) is 0 Å². The Kier molecular flexibility index (Phi) is 7.08. The quantitative estimate of drug-likeness (QED) is 0.598. The second kappa shape index (κ2) is 9.93. The lowest BCUT2D eigenvalue weighted by atomic mass is 10.1. The molecular formula is C22H25FN4O2. The van der Waals surface area contributed by atoms with E-state index >= 15 is 0 Å². The average Bonchev–Trinajstić information content (AvgIpc) is 3.21. The Labute approximate surface area is 169 Å². The van der Waals surface area contributed by atoms with Crippen molar-refractivity contribution in [2.75, 3.05) is 13.1 Å². The fourth-order valence-electron chi connectivity index (χ4n) is 2.96. The lowest BCUT2D eigenvalue weighted by Gasteiger charge is -2.22. The summed E-state index contributed by atoms with van der Waals surface area (Å²) in [6, 6.07) is 14.6. The molecule has 0 spiro atoms. The number of aromatic nitrogens is 2. The highest BCUT2D eigenvalue weighted by molar-refractivity contribution is 5.76. The number of halogens is 1. The van der Waals surface area contributed by atoms with Gasteiger partial charge in [-0.2, -0.15) is 4.98 Å². The molecule has 0 fully saturated rings. The zero-order valence-electron chi connectivity index (χ0n) is 16.5. The van der Waals surface area contributed by atoms with Crippen molar-refractivity contribution >= 4 is 5.91 Å². The van der Waals surface area contributed by atoms with Crippen LogP contribution in [0.1, 0.15) is 29.9 Å². The van der Waals surface area contributed by atoms with E-state index in [0.717, 1.165) is 12.0 Å². The molecule has 7 heteroatoms. The molecule has 0 radical (unpaired) electrons. The van der Waals surface area contributed by atoms with Crippen molar-refractivity contribution in [2.24, 2.45) is 5.73 Å². The number of hydrogen-bond donors (Lipinski definition) is 1. The highest BCUT2D eigenvalue weighted by atomic mass is 19.1. The first-order valence-electron chi connectivity index (χ1n) is 9.67. The van der Waals surface area contributed by atoms with Gasteiger partial charge in [0.15, 0.2) is 0 Å². The maximum Gasteiger partial charge on any atom is 0.227 e. The first kappa shape index (κ1) is 20.7. The molecule has 29 heavy (non-hydrogen) atoms. The molecule has 0 bridgehead atoms. The number of aryl methyl sites for hydroxylation is 2. The molecule has 0 aliphatic carbocycles. The minimum Gasteiger partial charge on any atom is -0.339 e. The van der Waals surface area contributed by atoms with Crippen LogP contribution >= 0.6 is 0 Å². The van der Waals surface area contributed by atoms with Gasteiger partial charge in [0.25, 0.3) is 0 Å². The number of carbonyl (C=O) groups excluding carboxylic acids is 1. The van der Waals surface area contributed by atoms with Gasteiger partial charge >= 0.3 is 0 Å². The zero-order chi connectivity index (χ0) is 20.6. The SMILES string of the molecule is Cc1ccc(-c2noc(CCC(=O)N(CCCN)Cc3ccccc3)n2)cc1F. The maximum absolute atomic E-state index is 13.7. The molecular weight excluding hydrogens is 371 g/mol. The molecule has 2 aromatic carbocycles. The number of benzene rings is 2. The van der Waals surface area contributed by atoms with Crippen molar-refractivity contribution in [3.8, 4) is 11.4 Å². The minimum atomic E-state index is -0.319. The molecule has 3 aromatic rings. The Bertz CT molecular complexity index is 943. The number of hydrogen-bond acceptors (Lipinski definition) is 5. The molecule has 1 heterocycles. The predicted molar refractivity (Wildman–Crippen MR) is 108 cm³/mol. The maximum atomic E-state index is 13.7. The molecule has 0 atom stereocenters. The third-order valence-corrected chi connectivity index (χ3v) is 4.65. The second-order valence-electron chi connectivity index (χ2n) is 6.92. The van der Waals surface area contributed by atoms with Crippen LogP contribution in [0.25, 0.3) is 11.4 Å². The van der Waals surface area contributed by atoms with Gasteiger partial charge in [-0.05, 0) is 37.1 Å². The van der Waals surface area contributed by atoms with Gasteiger partial charge in [-0.3, -0.25) is 4.79 Å². The van der Waals surface area contributed by atoms with E-state index < -0.39 is 0 Å². The fraction of sp³-hybridized carbons (Fsp3) is 0.318. The molecule has 0 aliphatic rings. The van der Waals surface area contributed by atoms with Gasteiger partial charge in [-0.1, -0.05) is 47.6 Å². The van der Waals surface area contributed by atoms with Crippen molar-refractivity contribution in [3.05, 3.63) is 71.4 Å². The summed E-state index contributed by atoms with van der Waals surface area (Å²) in [5.41, 5.74) is 7.78. The summed E-state index contributed by atoms with van der Waals surface area (Å²) < 4.78 is 19.0. The van der Waals surface area contributed by atoms with Crippen LogP contribution in [0.15, 0.2) is 53.1 Å². The van der Waals surface area contributed by atoms with Crippen LogP contribution in [0.3, 0.4) is 0 Å². The number of rotatable bonds is 9. The van der Waals surface area contributed by atoms with Crippen molar-refractivity contribution in [1.82, 2.24) is 15.0 Å². The van der Waals surface area contributed by atoms with Crippen molar-refractivity contribution < 1.29 is 13.7 Å². The van der Waals surface area contributed by atoms with Crippen molar-refractivity contribution in [3.63, 3.8) is 0 Å². The van der Waals surface area contributed by atoms with E-state index in [1.807, 2.05) is 30.3 Å². The van der Waals surface area contributed by atoms with Crippen LogP contribution in [0, 0.1) is 12.7 Å². The van der Waals surface area contributed by atoms with Crippen molar-refractivity contribution in [2.45, 2.75) is 32.7 Å². The van der Waals surface area contributed by atoms with Gasteiger partial charge in [0, 0.05) is 31.5 Å². The number of carbonyl (C=O) groups is 1. The summed E-state index contributed by atoms with van der Waals surface area (Å²) in [4.78, 5) is 18.8. The highest BCUT2D eigenvalue weighted by Gasteiger charge is 2.16. The predicted octanol–water partition coefficient (Wildman–Crippen LogP) is 3.49. The molecule has 6 nitrogen and oxygen atoms in total. The van der Waals surface area contributed by atoms with E-state index in [0.29, 0.717) is 48.9 Å². The largest absolute Gasteiger partial charge is 0.339 e. The third kappa shape index (κ3) is 5.71. The molecule has 0 saturated carbocycles. The Hall–Kier alpha value is -3.06. The number of nitrogens with two attached hydrogens (primary N) is 1. The normalized spacial score (nSPS) is 10.9. The summed E-state index contributed by atoms with van der Waals surface area (Å²) in [6.07, 6.45) is 1.32. The van der Waals surface area contributed by atoms with E-state index in [4.69, 9.17) is 10.3 Å². The molecule has 3 rings (SSSR count). The Morgan fingerprint density at radius 3 is 2.72 bits per heavy atom. The summed E-state index contributed by atoms with van der Waals surface area (Å²) in [5, 5.41) is 3.90. The lowest BCUT2D eigenvalue weighted by Crippen LogP contribution is -2.32. The van der Waals surface area contributed by atoms with E-state index in [9.17, 15) is 9.18 Å². The van der Waals surface area contributed by atoms with Crippen LogP contribution in [0.5, 0.6) is 0 Å². The fourth-order valence-corrected chi connectivity index (χ4v) is 2.96. The zero-order valence-corrected chi connectivity index (χ0v) is 16.5. The monoisotopic (exact) mass is 396 g/mol. The van der Waals surface area contributed by atoms with E-state index in [2.05, 4.69) is 10.1 Å². The molecule has 1 aromatic heterocycles. The van der Waals surface area contributed by atoms with Crippen molar-refractivity contribution in [1.29, 1.82) is 0 Å². The van der Waals surface area contributed by atoms with Crippen LogP contribution in [-0.4, -0.2) is 34.0 Å². The Balaban J connectivity index is 1.62.